The van der Waals surface area contributed by atoms with E-state index in [1.54, 1.807) is 6.20 Å². The van der Waals surface area contributed by atoms with Gasteiger partial charge in [-0.1, -0.05) is 13.8 Å². The van der Waals surface area contributed by atoms with Gasteiger partial charge in [-0.15, -0.1) is 11.6 Å². The van der Waals surface area contributed by atoms with Crippen LogP contribution in [0.3, 0.4) is 0 Å². The summed E-state index contributed by atoms with van der Waals surface area (Å²) in [5.41, 5.74) is 1.85. The molecule has 0 bridgehead atoms. The van der Waals surface area contributed by atoms with Gasteiger partial charge in [0.25, 0.3) is 0 Å². The Labute approximate surface area is 108 Å². The highest BCUT2D eigenvalue weighted by Gasteiger charge is 2.04. The van der Waals surface area contributed by atoms with Crippen LogP contribution in [-0.4, -0.2) is 24.8 Å². The monoisotopic (exact) mass is 257 g/mol. The van der Waals surface area contributed by atoms with Gasteiger partial charge in [-0.25, -0.2) is 0 Å². The Kier molecular flexibility index (Phi) is 6.30. The number of aromatic nitrogens is 1. The summed E-state index contributed by atoms with van der Waals surface area (Å²) in [6.45, 7) is 8.08. The molecule has 3 nitrogen and oxygen atoms in total. The van der Waals surface area contributed by atoms with Crippen LogP contribution < -0.4 is 4.74 Å². The molecule has 0 amide bonds. The van der Waals surface area contributed by atoms with E-state index in [-0.39, 0.29) is 0 Å². The molecular weight excluding hydrogens is 238 g/mol. The summed E-state index contributed by atoms with van der Waals surface area (Å²) in [7, 11) is 0. The third-order valence-corrected chi connectivity index (χ3v) is 2.45. The minimum Gasteiger partial charge on any atom is -0.491 e. The largest absolute Gasteiger partial charge is 0.491 e. The summed E-state index contributed by atoms with van der Waals surface area (Å²) in [4.78, 5) is 4.18. The molecule has 0 N–H and O–H groups in total. The van der Waals surface area contributed by atoms with Gasteiger partial charge in [-0.2, -0.15) is 0 Å². The Bertz CT molecular complexity index is 342. The van der Waals surface area contributed by atoms with Crippen LogP contribution in [0.15, 0.2) is 12.3 Å². The lowest BCUT2D eigenvalue weighted by atomic mass is 10.2. The van der Waals surface area contributed by atoms with E-state index in [0.29, 0.717) is 25.0 Å². The predicted octanol–water partition coefficient (Wildman–Crippen LogP) is 3.18. The highest BCUT2D eigenvalue weighted by molar-refractivity contribution is 6.17. The molecule has 4 heteroatoms. The molecule has 1 aromatic rings. The Morgan fingerprint density at radius 3 is 2.76 bits per heavy atom. The van der Waals surface area contributed by atoms with E-state index in [1.165, 1.54) is 0 Å². The van der Waals surface area contributed by atoms with E-state index in [2.05, 4.69) is 18.8 Å². The van der Waals surface area contributed by atoms with E-state index in [1.807, 2.05) is 13.0 Å². The maximum atomic E-state index is 5.81. The Balaban J connectivity index is 2.37. The molecule has 0 aliphatic carbocycles. The molecule has 0 atom stereocenters. The van der Waals surface area contributed by atoms with Gasteiger partial charge in [0.2, 0.25) is 0 Å². The summed E-state index contributed by atoms with van der Waals surface area (Å²) < 4.78 is 11.1. The van der Waals surface area contributed by atoms with Gasteiger partial charge in [-0.05, 0) is 12.8 Å². The number of halogens is 1. The smallest absolute Gasteiger partial charge is 0.127 e. The fraction of sp³-hybridized carbons (Fsp3) is 0.615. The minimum absolute atomic E-state index is 0.412. The molecule has 1 aromatic heterocycles. The van der Waals surface area contributed by atoms with Crippen molar-refractivity contribution in [2.45, 2.75) is 26.7 Å². The number of ether oxygens (including phenoxy) is 2. The summed E-state index contributed by atoms with van der Waals surface area (Å²) in [6, 6.07) is 1.90. The molecule has 17 heavy (non-hydrogen) atoms. The molecule has 0 unspecified atom stereocenters. The topological polar surface area (TPSA) is 31.4 Å². The zero-order valence-electron chi connectivity index (χ0n) is 10.7. The first-order chi connectivity index (χ1) is 8.13. The molecule has 1 heterocycles. The Hall–Kier alpha value is -0.800. The van der Waals surface area contributed by atoms with Crippen LogP contribution in [0.25, 0.3) is 0 Å². The molecule has 0 aliphatic heterocycles. The van der Waals surface area contributed by atoms with Crippen molar-refractivity contribution in [2.24, 2.45) is 5.92 Å². The second-order valence-corrected chi connectivity index (χ2v) is 4.65. The summed E-state index contributed by atoms with van der Waals surface area (Å²) in [6.07, 6.45) is 1.76. The number of rotatable bonds is 7. The van der Waals surface area contributed by atoms with E-state index in [9.17, 15) is 0 Å². The van der Waals surface area contributed by atoms with Crippen LogP contribution in [-0.2, 0) is 10.6 Å². The van der Waals surface area contributed by atoms with Crippen molar-refractivity contribution in [1.29, 1.82) is 0 Å². The maximum absolute atomic E-state index is 5.81. The van der Waals surface area contributed by atoms with E-state index < -0.39 is 0 Å². The van der Waals surface area contributed by atoms with Gasteiger partial charge in [0.1, 0.15) is 12.4 Å². The van der Waals surface area contributed by atoms with E-state index in [4.69, 9.17) is 21.1 Å². The molecular formula is C13H20ClNO2. The zero-order chi connectivity index (χ0) is 12.7. The van der Waals surface area contributed by atoms with Crippen LogP contribution >= 0.6 is 11.6 Å². The highest BCUT2D eigenvalue weighted by Crippen LogP contribution is 2.20. The number of hydrogen-bond acceptors (Lipinski definition) is 3. The van der Waals surface area contributed by atoms with Crippen molar-refractivity contribution in [1.82, 2.24) is 4.98 Å². The molecule has 1 rings (SSSR count). The summed E-state index contributed by atoms with van der Waals surface area (Å²) in [5, 5.41) is 0. The number of alkyl halides is 1. The van der Waals surface area contributed by atoms with Crippen molar-refractivity contribution in [3.8, 4) is 5.75 Å². The normalized spacial score (nSPS) is 10.9. The molecule has 0 aromatic carbocycles. The standard InChI is InChI=1S/C13H20ClNO2/c1-10(2)9-16-4-5-17-13-6-11(3)15-8-12(13)7-14/h6,8,10H,4-5,7,9H2,1-3H3. The van der Waals surface area contributed by atoms with Crippen molar-refractivity contribution in [3.05, 3.63) is 23.5 Å². The fourth-order valence-corrected chi connectivity index (χ4v) is 1.53. The molecule has 0 spiro atoms. The van der Waals surface area contributed by atoms with Crippen molar-refractivity contribution in [2.75, 3.05) is 19.8 Å². The van der Waals surface area contributed by atoms with Crippen molar-refractivity contribution < 1.29 is 9.47 Å². The van der Waals surface area contributed by atoms with E-state index >= 15 is 0 Å². The zero-order valence-corrected chi connectivity index (χ0v) is 11.5. The van der Waals surface area contributed by atoms with Gasteiger partial charge in [0.15, 0.2) is 0 Å². The third-order valence-electron chi connectivity index (χ3n) is 2.16. The second kappa shape index (κ2) is 7.51. The van der Waals surface area contributed by atoms with Gasteiger partial charge in [0.05, 0.1) is 12.5 Å². The average Bonchev–Trinajstić information content (AvgIpc) is 2.28. The van der Waals surface area contributed by atoms with Gasteiger partial charge < -0.3 is 9.47 Å². The van der Waals surface area contributed by atoms with Crippen LogP contribution in [0.2, 0.25) is 0 Å². The first-order valence-electron chi connectivity index (χ1n) is 5.85. The van der Waals surface area contributed by atoms with Gasteiger partial charge in [0, 0.05) is 30.1 Å². The summed E-state index contributed by atoms with van der Waals surface area (Å²) in [5.74, 6) is 1.77. The number of pyridine rings is 1. The number of aryl methyl sites for hydroxylation is 1. The van der Waals surface area contributed by atoms with Crippen LogP contribution in [0.4, 0.5) is 0 Å². The fourth-order valence-electron chi connectivity index (χ4n) is 1.33. The SMILES string of the molecule is Cc1cc(OCCOCC(C)C)c(CCl)cn1. The Morgan fingerprint density at radius 2 is 2.12 bits per heavy atom. The van der Waals surface area contributed by atoms with Gasteiger partial charge in [-0.3, -0.25) is 4.98 Å². The molecule has 0 radical (unpaired) electrons. The third kappa shape index (κ3) is 5.37. The molecule has 0 aliphatic rings. The van der Waals surface area contributed by atoms with Crippen LogP contribution in [0, 0.1) is 12.8 Å². The van der Waals surface area contributed by atoms with Crippen molar-refractivity contribution in [3.63, 3.8) is 0 Å². The second-order valence-electron chi connectivity index (χ2n) is 4.38. The predicted molar refractivity (Wildman–Crippen MR) is 69.7 cm³/mol. The lowest BCUT2D eigenvalue weighted by Crippen LogP contribution is -2.11. The van der Waals surface area contributed by atoms with Crippen LogP contribution in [0.1, 0.15) is 25.1 Å². The van der Waals surface area contributed by atoms with E-state index in [0.717, 1.165) is 23.6 Å². The first-order valence-corrected chi connectivity index (χ1v) is 6.39. The lowest BCUT2D eigenvalue weighted by molar-refractivity contribution is 0.0816. The Morgan fingerprint density at radius 1 is 1.35 bits per heavy atom. The highest BCUT2D eigenvalue weighted by atomic mass is 35.5. The summed E-state index contributed by atoms with van der Waals surface area (Å²) >= 11 is 5.81. The van der Waals surface area contributed by atoms with Crippen molar-refractivity contribution >= 4 is 11.6 Å². The molecule has 0 saturated carbocycles. The van der Waals surface area contributed by atoms with Gasteiger partial charge >= 0.3 is 0 Å². The first kappa shape index (κ1) is 14.3. The minimum atomic E-state index is 0.412. The quantitative estimate of drug-likeness (QED) is 0.555. The number of nitrogens with zero attached hydrogens (tertiary/aromatic N) is 1. The molecule has 96 valence electrons. The maximum Gasteiger partial charge on any atom is 0.127 e. The molecule has 0 fully saturated rings. The average molecular weight is 258 g/mol. The molecule has 0 saturated heterocycles. The van der Waals surface area contributed by atoms with Crippen LogP contribution in [0.5, 0.6) is 5.75 Å². The lowest BCUT2D eigenvalue weighted by Gasteiger charge is -2.11. The number of hydrogen-bond donors (Lipinski definition) is 0.